The largest absolute Gasteiger partial charge is 0.309 e. The quantitative estimate of drug-likeness (QED) is 0.830. The third-order valence-corrected chi connectivity index (χ3v) is 3.92. The van der Waals surface area contributed by atoms with Gasteiger partial charge in [0, 0.05) is 23.4 Å². The van der Waals surface area contributed by atoms with E-state index in [1.807, 2.05) is 17.8 Å². The molecule has 1 N–H and O–H groups in total. The normalized spacial score (nSPS) is 12.8. The average Bonchev–Trinajstić information content (AvgIpc) is 2.25. The molecule has 0 radical (unpaired) electrons. The van der Waals surface area contributed by atoms with Crippen molar-refractivity contribution in [2.45, 2.75) is 33.4 Å². The Labute approximate surface area is 108 Å². The molecule has 0 aliphatic carbocycles. The summed E-state index contributed by atoms with van der Waals surface area (Å²) in [5.74, 6) is 2.33. The molecule has 16 heavy (non-hydrogen) atoms. The predicted molar refractivity (Wildman–Crippen MR) is 75.5 cm³/mol. The van der Waals surface area contributed by atoms with Crippen LogP contribution in [0.1, 0.15) is 25.0 Å². The van der Waals surface area contributed by atoms with E-state index >= 15 is 0 Å². The molecule has 0 aliphatic rings. The SMILES string of the molecule is CCSCC(C)NCc1ccc(C)cc1Cl. The van der Waals surface area contributed by atoms with Crippen LogP contribution in [0.2, 0.25) is 5.02 Å². The van der Waals surface area contributed by atoms with Crippen molar-refractivity contribution in [3.05, 3.63) is 34.3 Å². The van der Waals surface area contributed by atoms with Gasteiger partial charge >= 0.3 is 0 Å². The Morgan fingerprint density at radius 2 is 2.19 bits per heavy atom. The van der Waals surface area contributed by atoms with Crippen molar-refractivity contribution >= 4 is 23.4 Å². The van der Waals surface area contributed by atoms with Crippen LogP contribution in [0.5, 0.6) is 0 Å². The fourth-order valence-electron chi connectivity index (χ4n) is 1.43. The maximum atomic E-state index is 6.17. The van der Waals surface area contributed by atoms with Crippen LogP contribution in [0.4, 0.5) is 0 Å². The fourth-order valence-corrected chi connectivity index (χ4v) is 2.44. The minimum absolute atomic E-state index is 0.530. The Bertz CT molecular complexity index is 328. The van der Waals surface area contributed by atoms with E-state index in [1.165, 1.54) is 16.9 Å². The summed E-state index contributed by atoms with van der Waals surface area (Å²) in [7, 11) is 0. The van der Waals surface area contributed by atoms with E-state index in [4.69, 9.17) is 11.6 Å². The maximum Gasteiger partial charge on any atom is 0.0453 e. The van der Waals surface area contributed by atoms with Gasteiger partial charge in [0.1, 0.15) is 0 Å². The van der Waals surface area contributed by atoms with Gasteiger partial charge in [-0.1, -0.05) is 30.7 Å². The standard InChI is InChI=1S/C13H20ClNS/c1-4-16-9-11(3)15-8-12-6-5-10(2)7-13(12)14/h5-7,11,15H,4,8-9H2,1-3H3. The summed E-state index contributed by atoms with van der Waals surface area (Å²) in [5.41, 5.74) is 2.39. The van der Waals surface area contributed by atoms with Crippen molar-refractivity contribution < 1.29 is 0 Å². The molecule has 0 spiro atoms. The van der Waals surface area contributed by atoms with Crippen LogP contribution in [-0.4, -0.2) is 17.5 Å². The van der Waals surface area contributed by atoms with Crippen molar-refractivity contribution in [3.8, 4) is 0 Å². The molecule has 0 aromatic heterocycles. The summed E-state index contributed by atoms with van der Waals surface area (Å²) in [6, 6.07) is 6.75. The van der Waals surface area contributed by atoms with E-state index in [0.717, 1.165) is 17.3 Å². The first-order chi connectivity index (χ1) is 7.63. The first kappa shape index (κ1) is 13.9. The molecule has 90 valence electrons. The van der Waals surface area contributed by atoms with Crippen LogP contribution in [-0.2, 0) is 6.54 Å². The van der Waals surface area contributed by atoms with Crippen LogP contribution in [0.15, 0.2) is 18.2 Å². The highest BCUT2D eigenvalue weighted by molar-refractivity contribution is 7.99. The van der Waals surface area contributed by atoms with Crippen molar-refractivity contribution in [3.63, 3.8) is 0 Å². The highest BCUT2D eigenvalue weighted by Gasteiger charge is 2.04. The molecule has 0 bridgehead atoms. The number of rotatable bonds is 6. The summed E-state index contributed by atoms with van der Waals surface area (Å²) < 4.78 is 0. The summed E-state index contributed by atoms with van der Waals surface area (Å²) in [5, 5.41) is 4.35. The number of thioether (sulfide) groups is 1. The van der Waals surface area contributed by atoms with Crippen LogP contribution in [0.3, 0.4) is 0 Å². The second-order valence-electron chi connectivity index (χ2n) is 4.04. The van der Waals surface area contributed by atoms with E-state index in [2.05, 4.69) is 38.2 Å². The minimum Gasteiger partial charge on any atom is -0.309 e. The predicted octanol–water partition coefficient (Wildman–Crippen LogP) is 3.88. The van der Waals surface area contributed by atoms with Crippen LogP contribution in [0, 0.1) is 6.92 Å². The van der Waals surface area contributed by atoms with E-state index in [9.17, 15) is 0 Å². The van der Waals surface area contributed by atoms with Gasteiger partial charge in [-0.25, -0.2) is 0 Å². The number of halogens is 1. The molecule has 0 aliphatic heterocycles. The summed E-state index contributed by atoms with van der Waals surface area (Å²) in [4.78, 5) is 0. The molecule has 1 aromatic carbocycles. The van der Waals surface area contributed by atoms with Crippen LogP contribution in [0.25, 0.3) is 0 Å². The van der Waals surface area contributed by atoms with Gasteiger partial charge in [0.2, 0.25) is 0 Å². The van der Waals surface area contributed by atoms with Gasteiger partial charge in [-0.05, 0) is 36.8 Å². The molecule has 0 amide bonds. The Hall–Kier alpha value is -0.180. The van der Waals surface area contributed by atoms with Gasteiger partial charge in [0.25, 0.3) is 0 Å². The van der Waals surface area contributed by atoms with Gasteiger partial charge < -0.3 is 5.32 Å². The highest BCUT2D eigenvalue weighted by Crippen LogP contribution is 2.17. The molecule has 0 heterocycles. The molecule has 1 atom stereocenters. The number of hydrogen-bond acceptors (Lipinski definition) is 2. The Kier molecular flexibility index (Phi) is 6.25. The molecule has 0 saturated carbocycles. The minimum atomic E-state index is 0.530. The fraction of sp³-hybridized carbons (Fsp3) is 0.538. The van der Waals surface area contributed by atoms with E-state index in [-0.39, 0.29) is 0 Å². The smallest absolute Gasteiger partial charge is 0.0453 e. The molecule has 0 saturated heterocycles. The lowest BCUT2D eigenvalue weighted by atomic mass is 10.1. The lowest BCUT2D eigenvalue weighted by Crippen LogP contribution is -2.27. The topological polar surface area (TPSA) is 12.0 Å². The van der Waals surface area contributed by atoms with Crippen LogP contribution >= 0.6 is 23.4 Å². The van der Waals surface area contributed by atoms with Gasteiger partial charge in [0.15, 0.2) is 0 Å². The van der Waals surface area contributed by atoms with E-state index < -0.39 is 0 Å². The summed E-state index contributed by atoms with van der Waals surface area (Å²) in [6.45, 7) is 7.31. The number of hydrogen-bond donors (Lipinski definition) is 1. The molecular weight excluding hydrogens is 238 g/mol. The Balaban J connectivity index is 2.42. The maximum absolute atomic E-state index is 6.17. The Morgan fingerprint density at radius 1 is 1.44 bits per heavy atom. The number of nitrogens with one attached hydrogen (secondary N) is 1. The lowest BCUT2D eigenvalue weighted by Gasteiger charge is -2.14. The zero-order valence-corrected chi connectivity index (χ0v) is 11.8. The first-order valence-electron chi connectivity index (χ1n) is 5.69. The third kappa shape index (κ3) is 4.77. The van der Waals surface area contributed by atoms with Gasteiger partial charge in [-0.3, -0.25) is 0 Å². The second-order valence-corrected chi connectivity index (χ2v) is 5.76. The average molecular weight is 258 g/mol. The lowest BCUT2D eigenvalue weighted by molar-refractivity contribution is 0.596. The van der Waals surface area contributed by atoms with Crippen molar-refractivity contribution in [2.75, 3.05) is 11.5 Å². The number of aryl methyl sites for hydroxylation is 1. The van der Waals surface area contributed by atoms with Gasteiger partial charge in [-0.15, -0.1) is 0 Å². The molecule has 1 nitrogen and oxygen atoms in total. The van der Waals surface area contributed by atoms with Crippen molar-refractivity contribution in [1.82, 2.24) is 5.32 Å². The molecule has 1 rings (SSSR count). The first-order valence-corrected chi connectivity index (χ1v) is 7.23. The van der Waals surface area contributed by atoms with Gasteiger partial charge in [0.05, 0.1) is 0 Å². The molecule has 0 fully saturated rings. The summed E-state index contributed by atoms with van der Waals surface area (Å²) >= 11 is 8.13. The van der Waals surface area contributed by atoms with Crippen molar-refractivity contribution in [1.29, 1.82) is 0 Å². The van der Waals surface area contributed by atoms with Crippen LogP contribution < -0.4 is 5.32 Å². The number of benzene rings is 1. The zero-order chi connectivity index (χ0) is 12.0. The zero-order valence-electron chi connectivity index (χ0n) is 10.2. The van der Waals surface area contributed by atoms with E-state index in [0.29, 0.717) is 6.04 Å². The van der Waals surface area contributed by atoms with E-state index in [1.54, 1.807) is 0 Å². The second kappa shape index (κ2) is 7.21. The van der Waals surface area contributed by atoms with Crippen molar-refractivity contribution in [2.24, 2.45) is 0 Å². The monoisotopic (exact) mass is 257 g/mol. The Morgan fingerprint density at radius 3 is 2.81 bits per heavy atom. The summed E-state index contributed by atoms with van der Waals surface area (Å²) in [6.07, 6.45) is 0. The molecular formula is C13H20ClNS. The molecule has 1 aromatic rings. The molecule has 3 heteroatoms. The van der Waals surface area contributed by atoms with Gasteiger partial charge in [-0.2, -0.15) is 11.8 Å². The molecule has 1 unspecified atom stereocenters. The highest BCUT2D eigenvalue weighted by atomic mass is 35.5. The third-order valence-electron chi connectivity index (χ3n) is 2.42.